The van der Waals surface area contributed by atoms with E-state index in [2.05, 4.69) is 11.4 Å². The summed E-state index contributed by atoms with van der Waals surface area (Å²) in [4.78, 5) is 25.1. The van der Waals surface area contributed by atoms with Crippen molar-refractivity contribution in [3.05, 3.63) is 51.4 Å². The van der Waals surface area contributed by atoms with Crippen LogP contribution in [0.5, 0.6) is 0 Å². The maximum atomic E-state index is 12.5. The molecule has 1 aromatic carbocycles. The fourth-order valence-electron chi connectivity index (χ4n) is 2.69. The third-order valence-electron chi connectivity index (χ3n) is 4.49. The van der Waals surface area contributed by atoms with Crippen LogP contribution in [-0.4, -0.2) is 11.9 Å². The zero-order chi connectivity index (χ0) is 20.7. The number of rotatable bonds is 7. The van der Waals surface area contributed by atoms with Crippen molar-refractivity contribution in [1.29, 1.82) is 10.5 Å². The van der Waals surface area contributed by atoms with Crippen molar-refractivity contribution in [3.8, 4) is 12.1 Å². The molecule has 0 aliphatic rings. The highest BCUT2D eigenvalue weighted by Gasteiger charge is 2.24. The van der Waals surface area contributed by atoms with E-state index in [1.807, 2.05) is 19.9 Å². The zero-order valence-corrected chi connectivity index (χ0v) is 16.9. The van der Waals surface area contributed by atoms with E-state index < -0.39 is 5.97 Å². The van der Waals surface area contributed by atoms with E-state index in [-0.39, 0.29) is 24.0 Å². The standard InChI is InChI=1S/C21H21N3O3S/c1-4-16(5-2)19(25)24-20-17(11-23)13(3)18(28-20)21(26)27-12-15-8-6-14(10-22)7-9-15/h6-9,16H,4-5,12H2,1-3H3,(H,24,25). The highest BCUT2D eigenvalue weighted by molar-refractivity contribution is 7.18. The summed E-state index contributed by atoms with van der Waals surface area (Å²) < 4.78 is 5.34. The van der Waals surface area contributed by atoms with Gasteiger partial charge < -0.3 is 10.1 Å². The van der Waals surface area contributed by atoms with Gasteiger partial charge in [0.1, 0.15) is 22.6 Å². The first-order chi connectivity index (χ1) is 13.4. The largest absolute Gasteiger partial charge is 0.457 e. The molecule has 0 aliphatic heterocycles. The van der Waals surface area contributed by atoms with E-state index in [1.54, 1.807) is 31.2 Å². The maximum absolute atomic E-state index is 12.5. The molecule has 7 heteroatoms. The molecule has 144 valence electrons. The van der Waals surface area contributed by atoms with Crippen molar-refractivity contribution in [1.82, 2.24) is 0 Å². The third-order valence-corrected chi connectivity index (χ3v) is 5.68. The molecule has 1 N–H and O–H groups in total. The predicted molar refractivity (Wildman–Crippen MR) is 107 cm³/mol. The van der Waals surface area contributed by atoms with Gasteiger partial charge in [0.25, 0.3) is 0 Å². The number of nitriles is 2. The van der Waals surface area contributed by atoms with Gasteiger partial charge in [0, 0.05) is 5.92 Å². The van der Waals surface area contributed by atoms with Gasteiger partial charge in [-0.05, 0) is 43.0 Å². The Bertz CT molecular complexity index is 945. The lowest BCUT2D eigenvalue weighted by atomic mass is 10.0. The lowest BCUT2D eigenvalue weighted by Gasteiger charge is -2.11. The van der Waals surface area contributed by atoms with Gasteiger partial charge in [-0.3, -0.25) is 4.79 Å². The molecular weight excluding hydrogens is 374 g/mol. The minimum absolute atomic E-state index is 0.0548. The Morgan fingerprint density at radius 2 is 1.79 bits per heavy atom. The van der Waals surface area contributed by atoms with Crippen molar-refractivity contribution in [2.24, 2.45) is 5.92 Å². The SMILES string of the molecule is CCC(CC)C(=O)Nc1sc(C(=O)OCc2ccc(C#N)cc2)c(C)c1C#N. The van der Waals surface area contributed by atoms with Crippen LogP contribution >= 0.6 is 11.3 Å². The van der Waals surface area contributed by atoms with Crippen LogP contribution in [0.2, 0.25) is 0 Å². The average Bonchev–Trinajstić information content (AvgIpc) is 3.02. The molecule has 0 spiro atoms. The van der Waals surface area contributed by atoms with Gasteiger partial charge in [-0.1, -0.05) is 26.0 Å². The number of benzene rings is 1. The summed E-state index contributed by atoms with van der Waals surface area (Å²) in [6, 6.07) is 10.8. The molecule has 0 aliphatic carbocycles. The second-order valence-corrected chi connectivity index (χ2v) is 7.28. The third kappa shape index (κ3) is 4.76. The van der Waals surface area contributed by atoms with E-state index in [4.69, 9.17) is 10.00 Å². The molecular formula is C21H21N3O3S. The molecule has 6 nitrogen and oxygen atoms in total. The number of hydrogen-bond donors (Lipinski definition) is 1. The number of nitrogens with zero attached hydrogens (tertiary/aromatic N) is 2. The van der Waals surface area contributed by atoms with Gasteiger partial charge in [0.2, 0.25) is 5.91 Å². The van der Waals surface area contributed by atoms with E-state index in [1.165, 1.54) is 0 Å². The van der Waals surface area contributed by atoms with Gasteiger partial charge in [-0.25, -0.2) is 4.79 Å². The van der Waals surface area contributed by atoms with Crippen LogP contribution in [0, 0.1) is 35.5 Å². The highest BCUT2D eigenvalue weighted by atomic mass is 32.1. The molecule has 2 rings (SSSR count). The van der Waals surface area contributed by atoms with E-state index in [0.717, 1.165) is 16.9 Å². The fraction of sp³-hybridized carbons (Fsp3) is 0.333. The maximum Gasteiger partial charge on any atom is 0.349 e. The smallest absolute Gasteiger partial charge is 0.349 e. The topological polar surface area (TPSA) is 103 Å². The molecule has 0 saturated heterocycles. The highest BCUT2D eigenvalue weighted by Crippen LogP contribution is 2.33. The van der Waals surface area contributed by atoms with Crippen LogP contribution in [0.25, 0.3) is 0 Å². The Morgan fingerprint density at radius 3 is 2.32 bits per heavy atom. The first kappa shape index (κ1) is 21.1. The van der Waals surface area contributed by atoms with Crippen LogP contribution < -0.4 is 5.32 Å². The second kappa shape index (κ2) is 9.68. The number of carbonyl (C=O) groups is 2. The Morgan fingerprint density at radius 1 is 1.14 bits per heavy atom. The number of esters is 1. The number of thiophene rings is 1. The Kier molecular flexibility index (Phi) is 7.31. The Hall–Kier alpha value is -3.16. The van der Waals surface area contributed by atoms with Crippen LogP contribution in [0.1, 0.15) is 58.6 Å². The van der Waals surface area contributed by atoms with Gasteiger partial charge >= 0.3 is 5.97 Å². The summed E-state index contributed by atoms with van der Waals surface area (Å²) in [7, 11) is 0. The lowest BCUT2D eigenvalue weighted by molar-refractivity contribution is -0.120. The molecule has 2 aromatic rings. The molecule has 1 aromatic heterocycles. The molecule has 1 amide bonds. The minimum Gasteiger partial charge on any atom is -0.457 e. The number of amides is 1. The van der Waals surface area contributed by atoms with Crippen LogP contribution in [0.15, 0.2) is 24.3 Å². The van der Waals surface area contributed by atoms with Crippen molar-refractivity contribution >= 4 is 28.2 Å². The van der Waals surface area contributed by atoms with Gasteiger partial charge in [-0.15, -0.1) is 11.3 Å². The van der Waals surface area contributed by atoms with Crippen molar-refractivity contribution < 1.29 is 14.3 Å². The van der Waals surface area contributed by atoms with Crippen LogP contribution in [-0.2, 0) is 16.1 Å². The second-order valence-electron chi connectivity index (χ2n) is 6.26. The molecule has 0 bridgehead atoms. The number of hydrogen-bond acceptors (Lipinski definition) is 6. The molecule has 0 saturated carbocycles. The van der Waals surface area contributed by atoms with Crippen molar-refractivity contribution in [3.63, 3.8) is 0 Å². The minimum atomic E-state index is -0.550. The number of carbonyl (C=O) groups excluding carboxylic acids is 2. The fourth-order valence-corrected chi connectivity index (χ4v) is 3.75. The molecule has 0 atom stereocenters. The molecule has 0 radical (unpaired) electrons. The summed E-state index contributed by atoms with van der Waals surface area (Å²) in [6.45, 7) is 5.59. The van der Waals surface area contributed by atoms with E-state index in [0.29, 0.717) is 33.8 Å². The number of nitrogens with one attached hydrogen (secondary N) is 1. The van der Waals surface area contributed by atoms with Crippen molar-refractivity contribution in [2.45, 2.75) is 40.2 Å². The first-order valence-corrected chi connectivity index (χ1v) is 9.77. The molecule has 1 heterocycles. The monoisotopic (exact) mass is 395 g/mol. The van der Waals surface area contributed by atoms with E-state index in [9.17, 15) is 14.9 Å². The molecule has 0 fully saturated rings. The van der Waals surface area contributed by atoms with Crippen LogP contribution in [0.3, 0.4) is 0 Å². The first-order valence-electron chi connectivity index (χ1n) is 8.95. The summed E-state index contributed by atoms with van der Waals surface area (Å²) in [5.41, 5.74) is 2.07. The number of ether oxygens (including phenoxy) is 1. The van der Waals surface area contributed by atoms with E-state index >= 15 is 0 Å². The normalized spacial score (nSPS) is 10.2. The summed E-state index contributed by atoms with van der Waals surface area (Å²) >= 11 is 1.05. The molecule has 28 heavy (non-hydrogen) atoms. The number of anilines is 1. The summed E-state index contributed by atoms with van der Waals surface area (Å²) in [6.07, 6.45) is 1.40. The lowest BCUT2D eigenvalue weighted by Crippen LogP contribution is -2.21. The molecule has 0 unspecified atom stereocenters. The Balaban J connectivity index is 2.15. The summed E-state index contributed by atoms with van der Waals surface area (Å²) in [5, 5.41) is 21.4. The van der Waals surface area contributed by atoms with Gasteiger partial charge in [0.05, 0.1) is 17.2 Å². The quantitative estimate of drug-likeness (QED) is 0.694. The predicted octanol–water partition coefficient (Wildman–Crippen LogP) is 4.53. The summed E-state index contributed by atoms with van der Waals surface area (Å²) in [5.74, 6) is -0.840. The van der Waals surface area contributed by atoms with Crippen LogP contribution in [0.4, 0.5) is 5.00 Å². The van der Waals surface area contributed by atoms with Gasteiger partial charge in [0.15, 0.2) is 0 Å². The van der Waals surface area contributed by atoms with Crippen molar-refractivity contribution in [2.75, 3.05) is 5.32 Å². The Labute approximate surface area is 168 Å². The average molecular weight is 395 g/mol. The van der Waals surface area contributed by atoms with Gasteiger partial charge in [-0.2, -0.15) is 10.5 Å². The zero-order valence-electron chi connectivity index (χ0n) is 16.0.